The third kappa shape index (κ3) is 0.834. The number of aromatic amines is 1. The van der Waals surface area contributed by atoms with Gasteiger partial charge in [0, 0.05) is 11.8 Å². The molecule has 0 fully saturated rings. The van der Waals surface area contributed by atoms with E-state index in [0.29, 0.717) is 11.5 Å². The Hall–Kier alpha value is -1.45. The smallest absolute Gasteiger partial charge is 0.176 e. The average molecular weight is 136 g/mol. The molecule has 4 heteroatoms. The van der Waals surface area contributed by atoms with Crippen molar-refractivity contribution in [1.29, 1.82) is 5.41 Å². The summed E-state index contributed by atoms with van der Waals surface area (Å²) in [4.78, 5) is 3.64. The first-order valence-corrected chi connectivity index (χ1v) is 2.81. The van der Waals surface area contributed by atoms with Crippen molar-refractivity contribution in [3.05, 3.63) is 11.3 Å². The van der Waals surface area contributed by atoms with Crippen molar-refractivity contribution < 1.29 is 0 Å². The minimum atomic E-state index is 0.568. The summed E-state index contributed by atoms with van der Waals surface area (Å²) in [5.74, 6) is 0.568. The Morgan fingerprint density at radius 1 is 1.80 bits per heavy atom. The molecule has 0 atom stereocenters. The van der Waals surface area contributed by atoms with Gasteiger partial charge in [0.2, 0.25) is 0 Å². The Morgan fingerprint density at radius 3 is 2.80 bits per heavy atom. The minimum Gasteiger partial charge on any atom is -0.307 e. The molecule has 52 valence electrons. The van der Waals surface area contributed by atoms with Crippen LogP contribution in [0.5, 0.6) is 0 Å². The molecule has 0 aliphatic carbocycles. The first kappa shape index (κ1) is 6.67. The van der Waals surface area contributed by atoms with Crippen LogP contribution < -0.4 is 0 Å². The van der Waals surface area contributed by atoms with E-state index < -0.39 is 0 Å². The lowest BCUT2D eigenvalue weighted by Crippen LogP contribution is -1.80. The zero-order valence-corrected chi connectivity index (χ0v) is 5.68. The lowest BCUT2D eigenvalue weighted by molar-refractivity contribution is 1.08. The number of H-pyrrole nitrogens is 1. The monoisotopic (exact) mass is 136 g/mol. The average Bonchev–Trinajstić information content (AvgIpc) is 2.30. The molecule has 0 saturated carbocycles. The first-order valence-electron chi connectivity index (χ1n) is 2.81. The predicted octanol–water partition coefficient (Wildman–Crippen LogP) is 1.05. The maximum atomic E-state index is 6.91. The highest BCUT2D eigenvalue weighted by molar-refractivity contribution is 5.78. The second-order valence-electron chi connectivity index (χ2n) is 1.89. The minimum absolute atomic E-state index is 0.568. The van der Waals surface area contributed by atoms with Gasteiger partial charge in [-0.3, -0.25) is 5.10 Å². The van der Waals surface area contributed by atoms with Crippen LogP contribution in [0.4, 0.5) is 5.82 Å². The quantitative estimate of drug-likeness (QED) is 0.586. The van der Waals surface area contributed by atoms with Crippen molar-refractivity contribution in [3.8, 4) is 0 Å². The number of nitrogens with zero attached hydrogens (tertiary/aromatic N) is 2. The Labute approximate surface area is 58.5 Å². The van der Waals surface area contributed by atoms with Gasteiger partial charge in [-0.15, -0.1) is 0 Å². The van der Waals surface area contributed by atoms with Crippen LogP contribution in [0.15, 0.2) is 4.99 Å². The maximum Gasteiger partial charge on any atom is 0.176 e. The second-order valence-corrected chi connectivity index (χ2v) is 1.89. The van der Waals surface area contributed by atoms with Crippen molar-refractivity contribution in [2.24, 2.45) is 4.99 Å². The highest BCUT2D eigenvalue weighted by Gasteiger charge is 2.02. The van der Waals surface area contributed by atoms with Crippen molar-refractivity contribution in [2.45, 2.75) is 6.92 Å². The number of aromatic nitrogens is 2. The lowest BCUT2D eigenvalue weighted by Gasteiger charge is -1.85. The molecule has 1 aromatic heterocycles. The molecule has 1 heterocycles. The Bertz CT molecular complexity index is 235. The molecular formula is C6H8N4. The largest absolute Gasteiger partial charge is 0.307 e. The van der Waals surface area contributed by atoms with Gasteiger partial charge in [0.1, 0.15) is 0 Å². The molecule has 10 heavy (non-hydrogen) atoms. The summed E-state index contributed by atoms with van der Waals surface area (Å²) in [5, 5.41) is 13.4. The van der Waals surface area contributed by atoms with Crippen LogP contribution in [0.25, 0.3) is 0 Å². The summed E-state index contributed by atoms with van der Waals surface area (Å²) in [5.41, 5.74) is 1.55. The summed E-state index contributed by atoms with van der Waals surface area (Å²) in [6.07, 6.45) is 1.21. The number of hydrogen-bond acceptors (Lipinski definition) is 3. The molecular weight excluding hydrogens is 128 g/mol. The van der Waals surface area contributed by atoms with E-state index in [2.05, 4.69) is 21.9 Å². The highest BCUT2D eigenvalue weighted by Crippen LogP contribution is 2.14. The summed E-state index contributed by atoms with van der Waals surface area (Å²) in [6, 6.07) is 0. The SMILES string of the molecule is C=Nc1n[nH]c(C=N)c1C. The molecule has 0 aliphatic heterocycles. The van der Waals surface area contributed by atoms with Crippen LogP contribution in [0.3, 0.4) is 0 Å². The Morgan fingerprint density at radius 2 is 2.50 bits per heavy atom. The van der Waals surface area contributed by atoms with Gasteiger partial charge in [-0.05, 0) is 13.6 Å². The van der Waals surface area contributed by atoms with Crippen LogP contribution in [0.1, 0.15) is 11.3 Å². The van der Waals surface area contributed by atoms with Crippen LogP contribution >= 0.6 is 0 Å². The zero-order chi connectivity index (χ0) is 7.56. The zero-order valence-electron chi connectivity index (χ0n) is 5.68. The van der Waals surface area contributed by atoms with E-state index in [4.69, 9.17) is 5.41 Å². The van der Waals surface area contributed by atoms with Gasteiger partial charge in [0.25, 0.3) is 0 Å². The molecule has 0 bridgehead atoms. The first-order chi connectivity index (χ1) is 4.79. The topological polar surface area (TPSA) is 64.9 Å². The molecule has 0 radical (unpaired) electrons. The Balaban J connectivity index is 3.20. The molecule has 4 nitrogen and oxygen atoms in total. The number of rotatable bonds is 2. The predicted molar refractivity (Wildman–Crippen MR) is 40.4 cm³/mol. The standard InChI is InChI=1S/C6H8N4/c1-4-5(3-7)9-10-6(4)8-2/h3,7H,2H2,1H3,(H,9,10). The van der Waals surface area contributed by atoms with E-state index in [1.54, 1.807) is 0 Å². The molecule has 2 N–H and O–H groups in total. The molecule has 0 aliphatic rings. The fraction of sp³-hybridized carbons (Fsp3) is 0.167. The van der Waals surface area contributed by atoms with E-state index in [1.807, 2.05) is 6.92 Å². The van der Waals surface area contributed by atoms with Crippen LogP contribution in [0.2, 0.25) is 0 Å². The number of aliphatic imine (C=N–C) groups is 1. The molecule has 0 aromatic carbocycles. The molecule has 0 unspecified atom stereocenters. The Kier molecular flexibility index (Phi) is 1.62. The fourth-order valence-corrected chi connectivity index (χ4v) is 0.696. The van der Waals surface area contributed by atoms with Crippen LogP contribution in [0, 0.1) is 12.3 Å². The summed E-state index contributed by atoms with van der Waals surface area (Å²) in [6.45, 7) is 5.17. The summed E-state index contributed by atoms with van der Waals surface area (Å²) >= 11 is 0. The molecule has 1 rings (SSSR count). The van der Waals surface area contributed by atoms with E-state index in [9.17, 15) is 0 Å². The van der Waals surface area contributed by atoms with Crippen molar-refractivity contribution >= 4 is 18.7 Å². The van der Waals surface area contributed by atoms with Gasteiger partial charge >= 0.3 is 0 Å². The normalized spacial score (nSPS) is 9.30. The van der Waals surface area contributed by atoms with Crippen LogP contribution in [-0.4, -0.2) is 23.1 Å². The lowest BCUT2D eigenvalue weighted by atomic mass is 10.3. The molecule has 0 amide bonds. The molecule has 0 saturated heterocycles. The third-order valence-electron chi connectivity index (χ3n) is 1.32. The fourth-order valence-electron chi connectivity index (χ4n) is 0.696. The maximum absolute atomic E-state index is 6.91. The van der Waals surface area contributed by atoms with Crippen molar-refractivity contribution in [3.63, 3.8) is 0 Å². The summed E-state index contributed by atoms with van der Waals surface area (Å²) in [7, 11) is 0. The van der Waals surface area contributed by atoms with Gasteiger partial charge < -0.3 is 5.41 Å². The van der Waals surface area contributed by atoms with E-state index in [1.165, 1.54) is 6.21 Å². The van der Waals surface area contributed by atoms with Gasteiger partial charge in [-0.1, -0.05) is 0 Å². The van der Waals surface area contributed by atoms with Gasteiger partial charge in [0.05, 0.1) is 5.69 Å². The number of nitrogens with one attached hydrogen (secondary N) is 2. The summed E-state index contributed by atoms with van der Waals surface area (Å²) < 4.78 is 0. The van der Waals surface area contributed by atoms with E-state index in [-0.39, 0.29) is 0 Å². The molecule has 0 spiro atoms. The number of hydrogen-bond donors (Lipinski definition) is 2. The van der Waals surface area contributed by atoms with Crippen molar-refractivity contribution in [1.82, 2.24) is 10.2 Å². The van der Waals surface area contributed by atoms with E-state index >= 15 is 0 Å². The van der Waals surface area contributed by atoms with Crippen molar-refractivity contribution in [2.75, 3.05) is 0 Å². The van der Waals surface area contributed by atoms with E-state index in [0.717, 1.165) is 5.56 Å². The van der Waals surface area contributed by atoms with Gasteiger partial charge in [0.15, 0.2) is 5.82 Å². The highest BCUT2D eigenvalue weighted by atomic mass is 15.2. The second kappa shape index (κ2) is 2.43. The van der Waals surface area contributed by atoms with Crippen LogP contribution in [-0.2, 0) is 0 Å². The van der Waals surface area contributed by atoms with Gasteiger partial charge in [-0.2, -0.15) is 5.10 Å². The van der Waals surface area contributed by atoms with Gasteiger partial charge in [-0.25, -0.2) is 4.99 Å². The molecule has 1 aromatic rings. The third-order valence-corrected chi connectivity index (χ3v) is 1.32.